The van der Waals surface area contributed by atoms with Gasteiger partial charge < -0.3 is 20.1 Å². The van der Waals surface area contributed by atoms with Gasteiger partial charge in [0.05, 0.1) is 6.42 Å². The Morgan fingerprint density at radius 1 is 1.08 bits per heavy atom. The third kappa shape index (κ3) is 6.67. The number of hydrogen-bond donors (Lipinski definition) is 2. The number of rotatable bonds is 8. The Morgan fingerprint density at radius 3 is 2.36 bits per heavy atom. The van der Waals surface area contributed by atoms with Crippen LogP contribution in [0.3, 0.4) is 0 Å². The summed E-state index contributed by atoms with van der Waals surface area (Å²) in [6.45, 7) is 5.69. The number of nitrogens with zero attached hydrogens (tertiary/aromatic N) is 2. The minimum Gasteiger partial charge on any atom is -0.481 e. The fraction of sp³-hybridized carbons (Fsp3) is 0.464. The molecule has 0 saturated carbocycles. The van der Waals surface area contributed by atoms with Gasteiger partial charge in [0.15, 0.2) is 11.6 Å². The first-order valence-electron chi connectivity index (χ1n) is 12.8. The van der Waals surface area contributed by atoms with Crippen LogP contribution in [0.4, 0.5) is 18.4 Å². The molecule has 2 aliphatic heterocycles. The summed E-state index contributed by atoms with van der Waals surface area (Å²) in [5, 5.41) is 12.3. The van der Waals surface area contributed by atoms with Gasteiger partial charge in [-0.1, -0.05) is 36.4 Å². The highest BCUT2D eigenvalue weighted by Gasteiger charge is 2.51. The van der Waals surface area contributed by atoms with Crippen molar-refractivity contribution in [3.63, 3.8) is 0 Å². The van der Waals surface area contributed by atoms with Crippen LogP contribution in [0.15, 0.2) is 48.5 Å². The van der Waals surface area contributed by atoms with Gasteiger partial charge in [-0.25, -0.2) is 23.3 Å². The smallest absolute Gasteiger partial charge is 0.419 e. The number of aliphatic carboxylic acids is 1. The number of benzene rings is 2. The number of carbonyl (C=O) groups is 3. The maximum atomic E-state index is 13.9. The monoisotopic (exact) mass is 565 g/mol. The van der Waals surface area contributed by atoms with E-state index >= 15 is 0 Å². The second-order valence-electron chi connectivity index (χ2n) is 10.6. The summed E-state index contributed by atoms with van der Waals surface area (Å²) < 4.78 is 32.7. The molecule has 0 radical (unpaired) electrons. The van der Waals surface area contributed by atoms with Gasteiger partial charge in [0, 0.05) is 12.0 Å². The zero-order valence-electron chi connectivity index (χ0n) is 22.0. The molecule has 212 valence electrons. The third-order valence-corrected chi connectivity index (χ3v) is 7.56. The summed E-state index contributed by atoms with van der Waals surface area (Å²) in [6, 6.07) is 11.4. The first kappa shape index (κ1) is 30.3. The van der Waals surface area contributed by atoms with Gasteiger partial charge >= 0.3 is 18.1 Å². The van der Waals surface area contributed by atoms with Crippen LogP contribution in [0.5, 0.6) is 0 Å². The zero-order valence-corrected chi connectivity index (χ0v) is 22.8. The number of cyclic esters (lactones) is 1. The Bertz CT molecular complexity index is 1190. The van der Waals surface area contributed by atoms with Crippen molar-refractivity contribution < 1.29 is 33.0 Å². The number of carboxylic acid groups (broad SMARTS) is 1. The number of amides is 3. The van der Waals surface area contributed by atoms with E-state index in [1.165, 1.54) is 6.07 Å². The lowest BCUT2D eigenvalue weighted by molar-refractivity contribution is -0.139. The highest BCUT2D eigenvalue weighted by Crippen LogP contribution is 2.41. The second-order valence-corrected chi connectivity index (χ2v) is 10.6. The highest BCUT2D eigenvalue weighted by molar-refractivity contribution is 5.93. The van der Waals surface area contributed by atoms with Gasteiger partial charge in [-0.15, -0.1) is 12.4 Å². The molecule has 4 rings (SSSR count). The van der Waals surface area contributed by atoms with Crippen LogP contribution >= 0.6 is 12.4 Å². The predicted octanol–water partition coefficient (Wildman–Crippen LogP) is 5.27. The highest BCUT2D eigenvalue weighted by atomic mass is 35.5. The van der Waals surface area contributed by atoms with Crippen molar-refractivity contribution in [1.82, 2.24) is 15.1 Å². The molecule has 3 amide bonds. The standard InChI is InChI=1S/C28H33F2N3O5.ClH/c1-27(2)24(19-9-10-21(29)22(30)17-19)33(26(37)38-27)25(36)31-13-6-14-32-15-11-28(12-16-32,18-23(34)35)20-7-4-3-5-8-20;/h3-5,7-10,17,24H,6,11-16,18H2,1-2H3,(H,31,36)(H,34,35);1H. The number of urea groups is 1. The number of imide groups is 1. The summed E-state index contributed by atoms with van der Waals surface area (Å²) in [5.41, 5.74) is -0.222. The van der Waals surface area contributed by atoms with Crippen LogP contribution < -0.4 is 5.32 Å². The Hall–Kier alpha value is -3.24. The molecule has 1 unspecified atom stereocenters. The average Bonchev–Trinajstić information content (AvgIpc) is 3.12. The first-order valence-corrected chi connectivity index (χ1v) is 12.8. The fourth-order valence-corrected chi connectivity index (χ4v) is 5.62. The van der Waals surface area contributed by atoms with Crippen molar-refractivity contribution in [2.75, 3.05) is 26.2 Å². The van der Waals surface area contributed by atoms with Crippen LogP contribution in [0.1, 0.15) is 56.7 Å². The third-order valence-electron chi connectivity index (χ3n) is 7.56. The van der Waals surface area contributed by atoms with Crippen molar-refractivity contribution in [1.29, 1.82) is 0 Å². The molecule has 2 fully saturated rings. The maximum absolute atomic E-state index is 13.9. The van der Waals surface area contributed by atoms with E-state index in [2.05, 4.69) is 10.2 Å². The summed E-state index contributed by atoms with van der Waals surface area (Å²) in [5.74, 6) is -2.90. The Balaban J connectivity index is 0.00000420. The van der Waals surface area contributed by atoms with Gasteiger partial charge in [0.25, 0.3) is 0 Å². The van der Waals surface area contributed by atoms with Gasteiger partial charge in [-0.05, 0) is 76.0 Å². The van der Waals surface area contributed by atoms with E-state index in [9.17, 15) is 28.3 Å². The molecule has 2 heterocycles. The van der Waals surface area contributed by atoms with E-state index in [0.29, 0.717) is 19.5 Å². The summed E-state index contributed by atoms with van der Waals surface area (Å²) in [6.07, 6.45) is 1.29. The number of likely N-dealkylation sites (tertiary alicyclic amines) is 1. The molecule has 2 aromatic rings. The first-order chi connectivity index (χ1) is 18.0. The van der Waals surface area contributed by atoms with E-state index in [1.54, 1.807) is 13.8 Å². The predicted molar refractivity (Wildman–Crippen MR) is 143 cm³/mol. The largest absolute Gasteiger partial charge is 0.481 e. The SMILES string of the molecule is CC1(C)OC(=O)N(C(=O)NCCCN2CCC(CC(=O)O)(c3ccccc3)CC2)C1c1ccc(F)c(F)c1.Cl. The Labute approximate surface area is 232 Å². The van der Waals surface area contributed by atoms with E-state index in [-0.39, 0.29) is 24.4 Å². The number of nitrogens with one attached hydrogen (secondary N) is 1. The summed E-state index contributed by atoms with van der Waals surface area (Å²) in [7, 11) is 0. The fourth-order valence-electron chi connectivity index (χ4n) is 5.62. The summed E-state index contributed by atoms with van der Waals surface area (Å²) in [4.78, 5) is 40.2. The van der Waals surface area contributed by atoms with Crippen molar-refractivity contribution in [2.24, 2.45) is 0 Å². The van der Waals surface area contributed by atoms with E-state index < -0.39 is 46.8 Å². The second kappa shape index (κ2) is 12.3. The van der Waals surface area contributed by atoms with Gasteiger partial charge in [-0.2, -0.15) is 0 Å². The molecule has 8 nitrogen and oxygen atoms in total. The molecule has 1 atom stereocenters. The molecule has 2 N–H and O–H groups in total. The van der Waals surface area contributed by atoms with Crippen LogP contribution in [-0.2, 0) is 14.9 Å². The summed E-state index contributed by atoms with van der Waals surface area (Å²) >= 11 is 0. The minimum absolute atomic E-state index is 0. The Morgan fingerprint density at radius 2 is 1.74 bits per heavy atom. The van der Waals surface area contributed by atoms with Crippen molar-refractivity contribution in [2.45, 2.75) is 56.6 Å². The van der Waals surface area contributed by atoms with Crippen LogP contribution in [-0.4, -0.2) is 64.8 Å². The minimum atomic E-state index is -1.13. The molecular weight excluding hydrogens is 532 g/mol. The molecule has 0 spiro atoms. The van der Waals surface area contributed by atoms with Crippen LogP contribution in [0.2, 0.25) is 0 Å². The number of carboxylic acids is 1. The number of carbonyl (C=O) groups excluding carboxylic acids is 2. The molecule has 2 aliphatic rings. The number of hydrogen-bond acceptors (Lipinski definition) is 5. The maximum Gasteiger partial charge on any atom is 0.419 e. The molecular formula is C28H34ClF2N3O5. The number of halogens is 3. The quantitative estimate of drug-likeness (QED) is 0.423. The lowest BCUT2D eigenvalue weighted by Crippen LogP contribution is -2.46. The molecule has 11 heteroatoms. The average molecular weight is 566 g/mol. The molecule has 2 saturated heterocycles. The van der Waals surface area contributed by atoms with Crippen molar-refractivity contribution >= 4 is 30.5 Å². The molecule has 39 heavy (non-hydrogen) atoms. The molecule has 0 aromatic heterocycles. The molecule has 2 aromatic carbocycles. The molecule has 0 aliphatic carbocycles. The number of piperidine rings is 1. The Kier molecular flexibility index (Phi) is 9.55. The van der Waals surface area contributed by atoms with Gasteiger partial charge in [-0.3, -0.25) is 4.79 Å². The van der Waals surface area contributed by atoms with Crippen LogP contribution in [0.25, 0.3) is 0 Å². The normalized spacial score (nSPS) is 20.2. The lowest BCUT2D eigenvalue weighted by atomic mass is 9.70. The topological polar surface area (TPSA) is 99.2 Å². The molecule has 0 bridgehead atoms. The van der Waals surface area contributed by atoms with Gasteiger partial charge in [0.1, 0.15) is 11.6 Å². The zero-order chi connectivity index (χ0) is 27.5. The number of ether oxygens (including phenoxy) is 1. The van der Waals surface area contributed by atoms with Crippen LogP contribution in [0, 0.1) is 11.6 Å². The van der Waals surface area contributed by atoms with E-state index in [0.717, 1.165) is 48.5 Å². The van der Waals surface area contributed by atoms with E-state index in [4.69, 9.17) is 4.74 Å². The lowest BCUT2D eigenvalue weighted by Gasteiger charge is -2.41. The van der Waals surface area contributed by atoms with Crippen molar-refractivity contribution in [3.05, 3.63) is 71.3 Å². The van der Waals surface area contributed by atoms with Crippen molar-refractivity contribution in [3.8, 4) is 0 Å². The van der Waals surface area contributed by atoms with E-state index in [1.807, 2.05) is 30.3 Å². The van der Waals surface area contributed by atoms with Gasteiger partial charge in [0.2, 0.25) is 0 Å².